The Morgan fingerprint density at radius 3 is 2.47 bits per heavy atom. The minimum Gasteiger partial charge on any atom is -0.392 e. The first-order valence-electron chi connectivity index (χ1n) is 5.08. The first-order valence-corrected chi connectivity index (χ1v) is 6.94. The number of hydrogen-bond donors (Lipinski definition) is 2. The van der Waals surface area contributed by atoms with Crippen LogP contribution in [-0.2, 0) is 16.2 Å². The van der Waals surface area contributed by atoms with Gasteiger partial charge in [0, 0.05) is 6.54 Å². The first kappa shape index (κ1) is 16.2. The molecule has 0 unspecified atom stereocenters. The van der Waals surface area contributed by atoms with E-state index >= 15 is 0 Å². The number of hydrogen-bond acceptors (Lipinski definition) is 3. The summed E-state index contributed by atoms with van der Waals surface area (Å²) >= 11 is 5.38. The zero-order chi connectivity index (χ0) is 14.8. The zero-order valence-electron chi connectivity index (χ0n) is 9.70. The van der Waals surface area contributed by atoms with Crippen LogP contribution in [0.2, 0.25) is 5.02 Å². The number of alkyl halides is 3. The van der Waals surface area contributed by atoms with Gasteiger partial charge in [0.25, 0.3) is 0 Å². The van der Waals surface area contributed by atoms with Gasteiger partial charge in [-0.05, 0) is 25.1 Å². The van der Waals surface area contributed by atoms with Gasteiger partial charge in [-0.15, -0.1) is 0 Å². The molecule has 0 aliphatic heterocycles. The summed E-state index contributed by atoms with van der Waals surface area (Å²) in [5.41, 5.74) is -1.23. The Morgan fingerprint density at radius 1 is 1.42 bits per heavy atom. The van der Waals surface area contributed by atoms with Gasteiger partial charge in [0.1, 0.15) is 0 Å². The Bertz CT molecular complexity index is 558. The summed E-state index contributed by atoms with van der Waals surface area (Å²) in [6.45, 7) is 1.04. The summed E-state index contributed by atoms with van der Waals surface area (Å²) < 4.78 is 63.1. The van der Waals surface area contributed by atoms with Crippen LogP contribution < -0.4 is 4.72 Å². The average molecular weight is 318 g/mol. The second-order valence-corrected chi connectivity index (χ2v) is 6.01. The summed E-state index contributed by atoms with van der Waals surface area (Å²) in [6, 6.07) is 2.27. The van der Waals surface area contributed by atoms with E-state index < -0.39 is 37.8 Å². The van der Waals surface area contributed by atoms with E-state index in [0.29, 0.717) is 6.07 Å². The Kier molecular flexibility index (Phi) is 4.83. The van der Waals surface area contributed by atoms with Crippen LogP contribution in [0.15, 0.2) is 23.1 Å². The topological polar surface area (TPSA) is 66.4 Å². The highest BCUT2D eigenvalue weighted by Gasteiger charge is 2.34. The van der Waals surface area contributed by atoms with Crippen LogP contribution >= 0.6 is 11.6 Å². The van der Waals surface area contributed by atoms with Crippen molar-refractivity contribution in [3.8, 4) is 0 Å². The Labute approximate surface area is 113 Å². The molecule has 0 aliphatic carbocycles. The highest BCUT2D eigenvalue weighted by molar-refractivity contribution is 7.89. The van der Waals surface area contributed by atoms with Gasteiger partial charge >= 0.3 is 6.18 Å². The molecule has 0 spiro atoms. The first-order chi connectivity index (χ1) is 8.54. The molecule has 0 fully saturated rings. The lowest BCUT2D eigenvalue weighted by Gasteiger charge is -2.12. The van der Waals surface area contributed by atoms with Crippen LogP contribution in [0.3, 0.4) is 0 Å². The van der Waals surface area contributed by atoms with E-state index in [1.807, 2.05) is 4.72 Å². The lowest BCUT2D eigenvalue weighted by Crippen LogP contribution is -2.30. The average Bonchev–Trinajstić information content (AvgIpc) is 2.25. The van der Waals surface area contributed by atoms with Crippen molar-refractivity contribution in [2.24, 2.45) is 0 Å². The monoisotopic (exact) mass is 317 g/mol. The summed E-state index contributed by atoms with van der Waals surface area (Å²) in [6.07, 6.45) is -5.70. The molecule has 1 rings (SSSR count). The number of rotatable bonds is 4. The van der Waals surface area contributed by atoms with Crippen LogP contribution in [0, 0.1) is 0 Å². The molecule has 4 nitrogen and oxygen atoms in total. The minimum absolute atomic E-state index is 0.299. The quantitative estimate of drug-likeness (QED) is 0.893. The molecule has 108 valence electrons. The van der Waals surface area contributed by atoms with Crippen molar-refractivity contribution < 1.29 is 26.7 Å². The molecule has 0 bridgehead atoms. The van der Waals surface area contributed by atoms with Crippen molar-refractivity contribution in [2.45, 2.75) is 24.1 Å². The maximum absolute atomic E-state index is 12.6. The molecule has 0 heterocycles. The molecule has 0 aromatic heterocycles. The van der Waals surface area contributed by atoms with Crippen molar-refractivity contribution in [1.82, 2.24) is 4.72 Å². The second kappa shape index (κ2) is 5.66. The van der Waals surface area contributed by atoms with Gasteiger partial charge in [-0.3, -0.25) is 0 Å². The lowest BCUT2D eigenvalue weighted by molar-refractivity contribution is -0.137. The van der Waals surface area contributed by atoms with E-state index in [1.165, 1.54) is 6.92 Å². The molecule has 0 saturated carbocycles. The third kappa shape index (κ3) is 4.34. The number of sulfonamides is 1. The number of benzene rings is 1. The predicted molar refractivity (Wildman–Crippen MR) is 63.3 cm³/mol. The normalized spacial score (nSPS) is 14.4. The van der Waals surface area contributed by atoms with Crippen LogP contribution in [0.5, 0.6) is 0 Å². The van der Waals surface area contributed by atoms with Gasteiger partial charge in [-0.25, -0.2) is 13.1 Å². The molecular weight excluding hydrogens is 307 g/mol. The Hall–Kier alpha value is -0.830. The van der Waals surface area contributed by atoms with Crippen molar-refractivity contribution in [1.29, 1.82) is 0 Å². The van der Waals surface area contributed by atoms with Gasteiger partial charge in [-0.1, -0.05) is 11.6 Å². The molecular formula is C10H11ClF3NO3S. The fraction of sp³-hybridized carbons (Fsp3) is 0.400. The molecule has 1 aromatic rings. The summed E-state index contributed by atoms with van der Waals surface area (Å²) in [5, 5.41) is 8.38. The van der Waals surface area contributed by atoms with E-state index in [2.05, 4.69) is 0 Å². The predicted octanol–water partition coefficient (Wildman–Crippen LogP) is 2.02. The fourth-order valence-corrected chi connectivity index (χ4v) is 2.57. The van der Waals surface area contributed by atoms with Crippen molar-refractivity contribution in [3.05, 3.63) is 28.8 Å². The largest absolute Gasteiger partial charge is 0.417 e. The Morgan fingerprint density at radius 2 is 2.00 bits per heavy atom. The SMILES string of the molecule is C[C@@H](O)CNS(=O)(=O)c1ccc(Cl)c(C(F)(F)F)c1. The van der Waals surface area contributed by atoms with Gasteiger partial charge in [0.15, 0.2) is 0 Å². The third-order valence-electron chi connectivity index (χ3n) is 2.12. The van der Waals surface area contributed by atoms with Gasteiger partial charge in [-0.2, -0.15) is 13.2 Å². The van der Waals surface area contributed by atoms with Gasteiger partial charge in [0.05, 0.1) is 21.6 Å². The van der Waals surface area contributed by atoms with Crippen LogP contribution in [-0.4, -0.2) is 26.2 Å². The molecule has 2 N–H and O–H groups in total. The van der Waals surface area contributed by atoms with Gasteiger partial charge in [0.2, 0.25) is 10.0 Å². The highest BCUT2D eigenvalue weighted by atomic mass is 35.5. The Balaban J connectivity index is 3.16. The summed E-state index contributed by atoms with van der Waals surface area (Å²) in [4.78, 5) is -0.565. The van der Waals surface area contributed by atoms with Gasteiger partial charge < -0.3 is 5.11 Å². The zero-order valence-corrected chi connectivity index (χ0v) is 11.3. The van der Waals surface area contributed by atoms with Crippen LogP contribution in [0.1, 0.15) is 12.5 Å². The van der Waals surface area contributed by atoms with E-state index in [9.17, 15) is 21.6 Å². The molecule has 1 atom stereocenters. The third-order valence-corrected chi connectivity index (χ3v) is 3.87. The number of halogens is 4. The van der Waals surface area contributed by atoms with E-state index in [0.717, 1.165) is 12.1 Å². The van der Waals surface area contributed by atoms with E-state index in [4.69, 9.17) is 16.7 Å². The molecule has 9 heteroatoms. The number of aliphatic hydroxyl groups excluding tert-OH is 1. The van der Waals surface area contributed by atoms with Crippen molar-refractivity contribution in [2.75, 3.05) is 6.54 Å². The fourth-order valence-electron chi connectivity index (χ4n) is 1.20. The second-order valence-electron chi connectivity index (χ2n) is 3.84. The van der Waals surface area contributed by atoms with E-state index in [-0.39, 0.29) is 6.54 Å². The summed E-state index contributed by atoms with van der Waals surface area (Å²) in [7, 11) is -4.12. The lowest BCUT2D eigenvalue weighted by atomic mass is 10.2. The molecule has 0 aliphatic rings. The van der Waals surface area contributed by atoms with Crippen molar-refractivity contribution in [3.63, 3.8) is 0 Å². The smallest absolute Gasteiger partial charge is 0.392 e. The molecule has 0 saturated heterocycles. The minimum atomic E-state index is -4.74. The number of nitrogens with one attached hydrogen (secondary N) is 1. The van der Waals surface area contributed by atoms with E-state index in [1.54, 1.807) is 0 Å². The maximum atomic E-state index is 12.6. The standard InChI is InChI=1S/C10H11ClF3NO3S/c1-6(16)5-15-19(17,18)7-2-3-9(11)8(4-7)10(12,13)14/h2-4,6,15-16H,5H2,1H3/t6-/m1/s1. The number of aliphatic hydroxyl groups is 1. The highest BCUT2D eigenvalue weighted by Crippen LogP contribution is 2.35. The van der Waals surface area contributed by atoms with Crippen LogP contribution in [0.4, 0.5) is 13.2 Å². The molecule has 0 radical (unpaired) electrons. The maximum Gasteiger partial charge on any atom is 0.417 e. The van der Waals surface area contributed by atoms with Crippen molar-refractivity contribution >= 4 is 21.6 Å². The van der Waals surface area contributed by atoms with Crippen LogP contribution in [0.25, 0.3) is 0 Å². The molecule has 0 amide bonds. The molecule has 19 heavy (non-hydrogen) atoms. The summed E-state index contributed by atoms with van der Waals surface area (Å²) in [5.74, 6) is 0. The molecule has 1 aromatic carbocycles.